The first-order valence-electron chi connectivity index (χ1n) is 10.7. The lowest BCUT2D eigenvalue weighted by Gasteiger charge is -2.35. The highest BCUT2D eigenvalue weighted by atomic mass is 32.1. The van der Waals surface area contributed by atoms with Crippen molar-refractivity contribution in [3.63, 3.8) is 0 Å². The Bertz CT molecular complexity index is 1250. The van der Waals surface area contributed by atoms with E-state index in [0.717, 1.165) is 54.3 Å². The van der Waals surface area contributed by atoms with E-state index in [2.05, 4.69) is 31.7 Å². The van der Waals surface area contributed by atoms with Gasteiger partial charge in [0.2, 0.25) is 11.9 Å². The predicted molar refractivity (Wildman–Crippen MR) is 122 cm³/mol. The number of aromatic nitrogens is 3. The summed E-state index contributed by atoms with van der Waals surface area (Å²) in [6.07, 6.45) is -8.61. The summed E-state index contributed by atoms with van der Waals surface area (Å²) in [5.74, 6) is -6.34. The van der Waals surface area contributed by atoms with Gasteiger partial charge in [-0.25, -0.2) is 19.6 Å². The van der Waals surface area contributed by atoms with Gasteiger partial charge >= 0.3 is 24.3 Å². The molecule has 0 radical (unpaired) electrons. The van der Waals surface area contributed by atoms with Gasteiger partial charge in [0, 0.05) is 49.3 Å². The Balaban J connectivity index is 0.000000317. The Morgan fingerprint density at radius 2 is 1.41 bits per heavy atom. The third-order valence-electron chi connectivity index (χ3n) is 5.03. The van der Waals surface area contributed by atoms with Gasteiger partial charge < -0.3 is 20.0 Å². The summed E-state index contributed by atoms with van der Waals surface area (Å²) < 4.78 is 90.6. The zero-order chi connectivity index (χ0) is 29.5. The number of pyridine rings is 1. The number of carboxylic acid groups (broad SMARTS) is 2. The van der Waals surface area contributed by atoms with Crippen molar-refractivity contribution in [3.8, 4) is 11.1 Å². The number of aliphatic carboxylic acids is 2. The molecule has 3 aromatic rings. The third kappa shape index (κ3) is 8.95. The molecule has 214 valence electrons. The fraction of sp³-hybridized carbons (Fsp3) is 0.381. The largest absolute Gasteiger partial charge is 0.490 e. The number of hydrogen-bond acceptors (Lipinski definition) is 8. The summed E-state index contributed by atoms with van der Waals surface area (Å²) in [5.41, 5.74) is 1.20. The van der Waals surface area contributed by atoms with Gasteiger partial charge in [0.1, 0.15) is 17.0 Å². The van der Waals surface area contributed by atoms with Crippen molar-refractivity contribution in [1.82, 2.24) is 19.9 Å². The number of hydrogen-bond donors (Lipinski definition) is 2. The summed E-state index contributed by atoms with van der Waals surface area (Å²) in [5, 5.41) is 17.0. The van der Waals surface area contributed by atoms with Gasteiger partial charge in [0.15, 0.2) is 0 Å². The number of likely N-dealkylation sites (N-methyl/N-ethyl adjacent to an activating group) is 1. The molecule has 0 saturated carbocycles. The van der Waals surface area contributed by atoms with Crippen LogP contribution in [0.15, 0.2) is 23.8 Å². The van der Waals surface area contributed by atoms with Crippen LogP contribution in [-0.4, -0.2) is 87.1 Å². The van der Waals surface area contributed by atoms with Crippen molar-refractivity contribution in [2.24, 2.45) is 0 Å². The molecule has 0 aliphatic carbocycles. The molecule has 18 heteroatoms. The highest BCUT2D eigenvalue weighted by Crippen LogP contribution is 2.38. The summed E-state index contributed by atoms with van der Waals surface area (Å²) >= 11 is 1.45. The molecule has 1 fully saturated rings. The Kier molecular flexibility index (Phi) is 10.5. The van der Waals surface area contributed by atoms with Crippen molar-refractivity contribution < 1.29 is 54.9 Å². The number of piperazine rings is 1. The lowest BCUT2D eigenvalue weighted by Crippen LogP contribution is -2.46. The van der Waals surface area contributed by atoms with Crippen LogP contribution < -0.4 is 4.90 Å². The smallest absolute Gasteiger partial charge is 0.475 e. The van der Waals surface area contributed by atoms with Crippen LogP contribution in [0.3, 0.4) is 0 Å². The first kappa shape index (κ1) is 31.5. The predicted octanol–water partition coefficient (Wildman–Crippen LogP) is 4.44. The van der Waals surface area contributed by atoms with E-state index in [1.807, 2.05) is 5.38 Å². The Hall–Kier alpha value is -3.67. The van der Waals surface area contributed by atoms with E-state index in [1.54, 1.807) is 6.33 Å². The lowest BCUT2D eigenvalue weighted by atomic mass is 10.1. The molecule has 4 rings (SSSR count). The van der Waals surface area contributed by atoms with E-state index in [-0.39, 0.29) is 0 Å². The molecule has 9 nitrogen and oxygen atoms in total. The molecule has 39 heavy (non-hydrogen) atoms. The minimum Gasteiger partial charge on any atom is -0.475 e. The summed E-state index contributed by atoms with van der Waals surface area (Å²) in [7, 11) is 0. The van der Waals surface area contributed by atoms with E-state index in [1.165, 1.54) is 23.5 Å². The lowest BCUT2D eigenvalue weighted by molar-refractivity contribution is -0.193. The van der Waals surface area contributed by atoms with Gasteiger partial charge in [-0.1, -0.05) is 6.92 Å². The summed E-state index contributed by atoms with van der Waals surface area (Å²) in [6, 6.07) is 2.49. The number of rotatable bonds is 3. The molecule has 0 atom stereocenters. The number of fused-ring (bicyclic) bond motifs is 1. The quantitative estimate of drug-likeness (QED) is 0.338. The fourth-order valence-corrected chi connectivity index (χ4v) is 4.12. The van der Waals surface area contributed by atoms with E-state index in [0.29, 0.717) is 5.56 Å². The van der Waals surface area contributed by atoms with Crippen LogP contribution in [0.4, 0.5) is 40.9 Å². The molecule has 3 aromatic heterocycles. The fourth-order valence-electron chi connectivity index (χ4n) is 3.21. The third-order valence-corrected chi connectivity index (χ3v) is 5.91. The summed E-state index contributed by atoms with van der Waals surface area (Å²) in [4.78, 5) is 35.2. The van der Waals surface area contributed by atoms with Crippen LogP contribution in [0.2, 0.25) is 0 Å². The van der Waals surface area contributed by atoms with Crippen molar-refractivity contribution in [2.75, 3.05) is 37.6 Å². The molecule has 0 amide bonds. The van der Waals surface area contributed by atoms with E-state index < -0.39 is 36.2 Å². The van der Waals surface area contributed by atoms with Crippen LogP contribution in [0.5, 0.6) is 0 Å². The topological polar surface area (TPSA) is 120 Å². The number of carboxylic acids is 2. The standard InChI is InChI=1S/C17H17F2N5S.2C2HF3O2/c1-2-23-3-5-24(6-4-23)16-15-12(9-25-17(15)21-10-20-16)11-7-13(18)22-14(19)8-11;2*3-2(4,5)1(6)7/h7-10H,2-6H2,1H3;2*(H,6,7). The van der Waals surface area contributed by atoms with Crippen LogP contribution in [-0.2, 0) is 9.59 Å². The maximum atomic E-state index is 13.6. The number of nitrogens with zero attached hydrogens (tertiary/aromatic N) is 5. The van der Waals surface area contributed by atoms with E-state index in [4.69, 9.17) is 19.8 Å². The Labute approximate surface area is 218 Å². The molecule has 2 N–H and O–H groups in total. The average Bonchev–Trinajstić information content (AvgIpc) is 3.28. The van der Waals surface area contributed by atoms with Crippen molar-refractivity contribution >= 4 is 39.3 Å². The van der Waals surface area contributed by atoms with E-state index >= 15 is 0 Å². The monoisotopic (exact) mass is 589 g/mol. The van der Waals surface area contributed by atoms with Gasteiger partial charge in [0.25, 0.3) is 0 Å². The highest BCUT2D eigenvalue weighted by Gasteiger charge is 2.38. The molecule has 0 spiro atoms. The SMILES string of the molecule is CCN1CCN(c2ncnc3scc(-c4cc(F)nc(F)c4)c23)CC1.O=C(O)C(F)(F)F.O=C(O)C(F)(F)F. The summed E-state index contributed by atoms with van der Waals surface area (Å²) in [6.45, 7) is 6.87. The van der Waals surface area contributed by atoms with Crippen LogP contribution in [0, 0.1) is 11.9 Å². The van der Waals surface area contributed by atoms with Crippen LogP contribution in [0.1, 0.15) is 6.92 Å². The van der Waals surface area contributed by atoms with Crippen molar-refractivity contribution in [1.29, 1.82) is 0 Å². The molecule has 4 heterocycles. The minimum atomic E-state index is -5.08. The van der Waals surface area contributed by atoms with Gasteiger partial charge in [-0.2, -0.15) is 40.1 Å². The molecule has 0 unspecified atom stereocenters. The highest BCUT2D eigenvalue weighted by molar-refractivity contribution is 7.17. The first-order chi connectivity index (χ1) is 18.0. The van der Waals surface area contributed by atoms with Crippen LogP contribution >= 0.6 is 11.3 Å². The second-order valence-electron chi connectivity index (χ2n) is 7.56. The second kappa shape index (κ2) is 12.9. The normalized spacial score (nSPS) is 14.2. The molecular formula is C21H19F8N5O4S. The maximum Gasteiger partial charge on any atom is 0.490 e. The van der Waals surface area contributed by atoms with Crippen LogP contribution in [0.25, 0.3) is 21.3 Å². The number of alkyl halides is 6. The van der Waals surface area contributed by atoms with Gasteiger partial charge in [0.05, 0.1) is 5.39 Å². The maximum absolute atomic E-state index is 13.6. The Morgan fingerprint density at radius 1 is 0.923 bits per heavy atom. The molecule has 1 aliphatic heterocycles. The van der Waals surface area contributed by atoms with Gasteiger partial charge in [-0.05, 0) is 12.1 Å². The zero-order valence-corrected chi connectivity index (χ0v) is 20.5. The molecule has 1 saturated heterocycles. The molecule has 0 aromatic carbocycles. The average molecular weight is 589 g/mol. The molecular weight excluding hydrogens is 570 g/mol. The number of halogens is 8. The second-order valence-corrected chi connectivity index (χ2v) is 8.41. The van der Waals surface area contributed by atoms with Gasteiger partial charge in [-0.3, -0.25) is 0 Å². The van der Waals surface area contributed by atoms with Crippen molar-refractivity contribution in [3.05, 3.63) is 35.7 Å². The van der Waals surface area contributed by atoms with E-state index in [9.17, 15) is 35.1 Å². The first-order valence-corrected chi connectivity index (χ1v) is 11.6. The molecule has 1 aliphatic rings. The number of thiophene rings is 1. The zero-order valence-electron chi connectivity index (χ0n) is 19.7. The Morgan fingerprint density at radius 3 is 1.85 bits per heavy atom. The number of anilines is 1. The van der Waals surface area contributed by atoms with Gasteiger partial charge in [-0.15, -0.1) is 11.3 Å². The van der Waals surface area contributed by atoms with Crippen molar-refractivity contribution in [2.45, 2.75) is 19.3 Å². The molecule has 0 bridgehead atoms. The minimum absolute atomic E-state index is 0.458. The number of carbonyl (C=O) groups is 2.